The van der Waals surface area contributed by atoms with E-state index in [9.17, 15) is 14.7 Å². The molecule has 0 saturated carbocycles. The lowest BCUT2D eigenvalue weighted by molar-refractivity contribution is -0.139. The minimum Gasteiger partial charge on any atom is -0.507 e. The van der Waals surface area contributed by atoms with Crippen LogP contribution < -0.4 is 9.47 Å². The third-order valence-corrected chi connectivity index (χ3v) is 5.92. The van der Waals surface area contributed by atoms with Crippen molar-refractivity contribution in [3.05, 3.63) is 64.7 Å². The molecule has 6 nitrogen and oxygen atoms in total. The van der Waals surface area contributed by atoms with E-state index in [0.29, 0.717) is 25.3 Å². The zero-order valence-corrected chi connectivity index (χ0v) is 18.6. The number of aliphatic hydroxyl groups is 1. The molecule has 1 atom stereocenters. The Morgan fingerprint density at radius 1 is 1.12 bits per heavy atom. The Labute approximate surface area is 188 Å². The predicted molar refractivity (Wildman–Crippen MR) is 122 cm³/mol. The molecule has 32 heavy (non-hydrogen) atoms. The lowest BCUT2D eigenvalue weighted by Gasteiger charge is -2.25. The Bertz CT molecular complexity index is 1040. The summed E-state index contributed by atoms with van der Waals surface area (Å²) in [5.41, 5.74) is 2.42. The summed E-state index contributed by atoms with van der Waals surface area (Å²) < 4.78 is 11.2. The van der Waals surface area contributed by atoms with E-state index in [0.717, 1.165) is 48.3 Å². The number of hydrogen-bond acceptors (Lipinski definition) is 5. The molecule has 0 spiro atoms. The van der Waals surface area contributed by atoms with Gasteiger partial charge in [-0.15, -0.1) is 0 Å². The highest BCUT2D eigenvalue weighted by molar-refractivity contribution is 6.46. The minimum absolute atomic E-state index is 0.132. The molecule has 168 valence electrons. The fourth-order valence-corrected chi connectivity index (χ4v) is 4.24. The number of Topliss-reactive ketones (excluding diaryl/α,β-unsaturated/α-hetero) is 1. The van der Waals surface area contributed by atoms with Gasteiger partial charge in [0.1, 0.15) is 17.3 Å². The van der Waals surface area contributed by atoms with E-state index >= 15 is 0 Å². The van der Waals surface area contributed by atoms with Gasteiger partial charge in [-0.1, -0.05) is 32.4 Å². The summed E-state index contributed by atoms with van der Waals surface area (Å²) >= 11 is 0. The molecule has 2 aromatic carbocycles. The highest BCUT2D eigenvalue weighted by Crippen LogP contribution is 2.40. The van der Waals surface area contributed by atoms with Gasteiger partial charge in [0.15, 0.2) is 0 Å². The van der Waals surface area contributed by atoms with Crippen molar-refractivity contribution in [2.45, 2.75) is 45.6 Å². The molecule has 1 amide bonds. The fourth-order valence-electron chi connectivity index (χ4n) is 4.24. The zero-order valence-electron chi connectivity index (χ0n) is 18.6. The number of ether oxygens (including phenoxy) is 2. The van der Waals surface area contributed by atoms with Crippen molar-refractivity contribution in [2.24, 2.45) is 0 Å². The van der Waals surface area contributed by atoms with Gasteiger partial charge in [0.05, 0.1) is 24.8 Å². The summed E-state index contributed by atoms with van der Waals surface area (Å²) in [4.78, 5) is 27.6. The Morgan fingerprint density at radius 2 is 1.91 bits per heavy atom. The van der Waals surface area contributed by atoms with Crippen molar-refractivity contribution in [3.63, 3.8) is 0 Å². The predicted octanol–water partition coefficient (Wildman–Crippen LogP) is 4.63. The van der Waals surface area contributed by atoms with Gasteiger partial charge in [-0.25, -0.2) is 0 Å². The normalized spacial score (nSPS) is 19.2. The van der Waals surface area contributed by atoms with Crippen molar-refractivity contribution < 1.29 is 24.2 Å². The van der Waals surface area contributed by atoms with Gasteiger partial charge >= 0.3 is 0 Å². The first-order chi connectivity index (χ1) is 15.5. The van der Waals surface area contributed by atoms with Crippen LogP contribution >= 0.6 is 0 Å². The number of benzene rings is 2. The molecule has 1 N–H and O–H groups in total. The standard InChI is InChI=1S/C26H29NO5/c1-3-5-13-27-23(17-6-9-20(10-7-17)31-14-4-2)22(25(29)26(27)30)24(28)19-8-11-21-18(16-19)12-15-32-21/h6-11,16,23,28H,3-5,12-15H2,1-2H3/b24-22-. The number of rotatable bonds is 8. The first-order valence-electron chi connectivity index (χ1n) is 11.3. The molecular formula is C26H29NO5. The second-order valence-corrected chi connectivity index (χ2v) is 8.18. The van der Waals surface area contributed by atoms with E-state index in [1.807, 2.05) is 44.2 Å². The lowest BCUT2D eigenvalue weighted by atomic mass is 9.94. The Kier molecular flexibility index (Phi) is 6.49. The first kappa shape index (κ1) is 21.9. The number of nitrogens with zero attached hydrogens (tertiary/aromatic N) is 1. The SMILES string of the molecule is CCCCN1C(=O)C(=O)/C(=C(\O)c2ccc3c(c2)CCO3)C1c1ccc(OCCC)cc1. The number of likely N-dealkylation sites (tertiary alicyclic amines) is 1. The molecule has 6 heteroatoms. The average molecular weight is 436 g/mol. The molecule has 0 radical (unpaired) electrons. The smallest absolute Gasteiger partial charge is 0.295 e. The maximum absolute atomic E-state index is 13.1. The molecule has 2 aliphatic heterocycles. The van der Waals surface area contributed by atoms with Crippen LogP contribution in [-0.4, -0.2) is 41.5 Å². The van der Waals surface area contributed by atoms with Gasteiger partial charge in [0.25, 0.3) is 11.7 Å². The number of ketones is 1. The second kappa shape index (κ2) is 9.47. The van der Waals surface area contributed by atoms with E-state index in [-0.39, 0.29) is 11.3 Å². The topological polar surface area (TPSA) is 76.1 Å². The molecular weight excluding hydrogens is 406 g/mol. The summed E-state index contributed by atoms with van der Waals surface area (Å²) in [6.45, 7) is 5.76. The third kappa shape index (κ3) is 4.09. The van der Waals surface area contributed by atoms with Crippen molar-refractivity contribution >= 4 is 17.4 Å². The highest BCUT2D eigenvalue weighted by atomic mass is 16.5. The molecule has 1 unspecified atom stereocenters. The van der Waals surface area contributed by atoms with Crippen LogP contribution in [0.2, 0.25) is 0 Å². The van der Waals surface area contributed by atoms with Crippen LogP contribution in [-0.2, 0) is 16.0 Å². The van der Waals surface area contributed by atoms with E-state index in [2.05, 4.69) is 0 Å². The summed E-state index contributed by atoms with van der Waals surface area (Å²) in [5, 5.41) is 11.2. The molecule has 2 aromatic rings. The number of carbonyl (C=O) groups is 2. The third-order valence-electron chi connectivity index (χ3n) is 5.92. The zero-order chi connectivity index (χ0) is 22.7. The number of unbranched alkanes of at least 4 members (excludes halogenated alkanes) is 1. The summed E-state index contributed by atoms with van der Waals surface area (Å²) in [6, 6.07) is 12.2. The molecule has 1 saturated heterocycles. The van der Waals surface area contributed by atoms with E-state index < -0.39 is 17.7 Å². The van der Waals surface area contributed by atoms with Crippen LogP contribution in [0.4, 0.5) is 0 Å². The number of aliphatic hydroxyl groups excluding tert-OH is 1. The molecule has 0 aromatic heterocycles. The van der Waals surface area contributed by atoms with Crippen LogP contribution in [0.25, 0.3) is 5.76 Å². The number of hydrogen-bond donors (Lipinski definition) is 1. The minimum atomic E-state index is -0.647. The Morgan fingerprint density at radius 3 is 2.62 bits per heavy atom. The van der Waals surface area contributed by atoms with Gasteiger partial charge in [0.2, 0.25) is 0 Å². The van der Waals surface area contributed by atoms with Gasteiger partial charge < -0.3 is 19.5 Å². The fraction of sp³-hybridized carbons (Fsp3) is 0.385. The molecule has 2 aliphatic rings. The molecule has 0 bridgehead atoms. The summed E-state index contributed by atoms with van der Waals surface area (Å²) in [5.74, 6) is 0.171. The van der Waals surface area contributed by atoms with Crippen LogP contribution in [0.5, 0.6) is 11.5 Å². The largest absolute Gasteiger partial charge is 0.507 e. The lowest BCUT2D eigenvalue weighted by Crippen LogP contribution is -2.30. The van der Waals surface area contributed by atoms with Gasteiger partial charge in [0, 0.05) is 18.5 Å². The van der Waals surface area contributed by atoms with Crippen LogP contribution in [0, 0.1) is 0 Å². The quantitative estimate of drug-likeness (QED) is 0.372. The average Bonchev–Trinajstić information content (AvgIpc) is 3.38. The number of carbonyl (C=O) groups excluding carboxylic acids is 2. The van der Waals surface area contributed by atoms with Crippen LogP contribution in [0.15, 0.2) is 48.0 Å². The number of fused-ring (bicyclic) bond motifs is 1. The van der Waals surface area contributed by atoms with Crippen molar-refractivity contribution in [1.82, 2.24) is 4.90 Å². The van der Waals surface area contributed by atoms with E-state index in [4.69, 9.17) is 9.47 Å². The summed E-state index contributed by atoms with van der Waals surface area (Å²) in [7, 11) is 0. The van der Waals surface area contributed by atoms with Gasteiger partial charge in [-0.2, -0.15) is 0 Å². The summed E-state index contributed by atoms with van der Waals surface area (Å²) in [6.07, 6.45) is 3.33. The van der Waals surface area contributed by atoms with E-state index in [1.165, 1.54) is 0 Å². The van der Waals surface area contributed by atoms with Gasteiger partial charge in [-0.05, 0) is 54.3 Å². The molecule has 4 rings (SSSR count). The number of amides is 1. The highest BCUT2D eigenvalue weighted by Gasteiger charge is 2.45. The molecule has 1 fully saturated rings. The van der Waals surface area contributed by atoms with E-state index in [1.54, 1.807) is 17.0 Å². The van der Waals surface area contributed by atoms with Crippen molar-refractivity contribution in [2.75, 3.05) is 19.8 Å². The molecule has 0 aliphatic carbocycles. The molecule has 2 heterocycles. The maximum Gasteiger partial charge on any atom is 0.295 e. The van der Waals surface area contributed by atoms with Crippen LogP contribution in [0.3, 0.4) is 0 Å². The first-order valence-corrected chi connectivity index (χ1v) is 11.3. The second-order valence-electron chi connectivity index (χ2n) is 8.18. The van der Waals surface area contributed by atoms with Crippen molar-refractivity contribution in [3.8, 4) is 11.5 Å². The maximum atomic E-state index is 13.1. The monoisotopic (exact) mass is 435 g/mol. The van der Waals surface area contributed by atoms with Crippen molar-refractivity contribution in [1.29, 1.82) is 0 Å². The van der Waals surface area contributed by atoms with Crippen LogP contribution in [0.1, 0.15) is 55.8 Å². The Balaban J connectivity index is 1.76. The Hall–Kier alpha value is -3.28. The van der Waals surface area contributed by atoms with Gasteiger partial charge in [-0.3, -0.25) is 9.59 Å².